The van der Waals surface area contributed by atoms with Crippen LogP contribution in [-0.4, -0.2) is 69.1 Å². The summed E-state index contributed by atoms with van der Waals surface area (Å²) in [6.45, 7) is 12.5. The van der Waals surface area contributed by atoms with Crippen LogP contribution in [0.25, 0.3) is 0 Å². The van der Waals surface area contributed by atoms with Crippen LogP contribution >= 0.6 is 0 Å². The molecule has 2 aliphatic rings. The molecule has 0 aromatic heterocycles. The fourth-order valence-corrected chi connectivity index (χ4v) is 7.91. The number of esters is 2. The first-order chi connectivity index (χ1) is 24.7. The van der Waals surface area contributed by atoms with Gasteiger partial charge in [0.2, 0.25) is 0 Å². The van der Waals surface area contributed by atoms with Gasteiger partial charge in [-0.05, 0) is 101 Å². The normalized spacial score (nSPS) is 21.7. The highest BCUT2D eigenvalue weighted by atomic mass is 16.7. The van der Waals surface area contributed by atoms with E-state index in [4.69, 9.17) is 18.9 Å². The zero-order valence-corrected chi connectivity index (χ0v) is 33.4. The van der Waals surface area contributed by atoms with Crippen molar-refractivity contribution in [2.75, 3.05) is 46.1 Å². The molecule has 8 heteroatoms. The Balaban J connectivity index is 1.69. The van der Waals surface area contributed by atoms with Crippen molar-refractivity contribution in [3.8, 4) is 0 Å². The number of likely N-dealkylation sites (tertiary alicyclic amines) is 1. The summed E-state index contributed by atoms with van der Waals surface area (Å²) in [5, 5.41) is 0. The minimum atomic E-state index is -0.737. The van der Waals surface area contributed by atoms with Crippen molar-refractivity contribution >= 4 is 18.1 Å². The molecule has 8 nitrogen and oxygen atoms in total. The first-order valence-corrected chi connectivity index (χ1v) is 21.2. The number of hydrogen-bond donors (Lipinski definition) is 0. The van der Waals surface area contributed by atoms with Gasteiger partial charge in [0.25, 0.3) is 0 Å². The van der Waals surface area contributed by atoms with Gasteiger partial charge in [-0.15, -0.1) is 0 Å². The highest BCUT2D eigenvalue weighted by Crippen LogP contribution is 2.45. The summed E-state index contributed by atoms with van der Waals surface area (Å²) in [7, 11) is 0. The lowest BCUT2D eigenvalue weighted by molar-refractivity contribution is -0.152. The molecular weight excluding hydrogens is 642 g/mol. The standard InChI is InChI=1S/C43H77NO7/c1-5-7-8-9-10-11-12-13-14-15-16-17-18-19-20-24-40(45)49-34-39(36-51-42(47)48-30-23-29-44-27-21-22-28-44)35-50-41(46)33-43(6-2)31-37(3)25-26-38(4)32-43/h13-14,37-39H,5-12,15-36H2,1-4H3/b14-13+/t37-,38?,39?,43?/m1/s1. The fourth-order valence-electron chi connectivity index (χ4n) is 7.91. The number of carbonyl (C=O) groups excluding carboxylic acids is 3. The molecule has 4 atom stereocenters. The van der Waals surface area contributed by atoms with E-state index in [1.165, 1.54) is 83.5 Å². The quantitative estimate of drug-likeness (QED) is 0.0259. The molecule has 2 rings (SSSR count). The van der Waals surface area contributed by atoms with Crippen LogP contribution in [0.2, 0.25) is 0 Å². The Morgan fingerprint density at radius 3 is 1.84 bits per heavy atom. The maximum atomic E-state index is 13.2. The molecule has 0 spiro atoms. The Labute approximate surface area is 312 Å². The molecule has 0 radical (unpaired) electrons. The number of unbranched alkanes of at least 4 members (excludes halogenated alkanes) is 11. The van der Waals surface area contributed by atoms with Crippen molar-refractivity contribution < 1.29 is 33.3 Å². The van der Waals surface area contributed by atoms with Crippen LogP contribution in [-0.2, 0) is 28.5 Å². The lowest BCUT2D eigenvalue weighted by Crippen LogP contribution is -2.30. The Morgan fingerprint density at radius 1 is 0.686 bits per heavy atom. The Kier molecular flexibility index (Phi) is 25.1. The molecule has 2 fully saturated rings. The fraction of sp³-hybridized carbons (Fsp3) is 0.884. The topological polar surface area (TPSA) is 91.4 Å². The van der Waals surface area contributed by atoms with Crippen LogP contribution in [0.1, 0.15) is 175 Å². The number of ether oxygens (including phenoxy) is 4. The van der Waals surface area contributed by atoms with Crippen LogP contribution in [0, 0.1) is 23.2 Å². The van der Waals surface area contributed by atoms with Gasteiger partial charge in [-0.1, -0.05) is 104 Å². The smallest absolute Gasteiger partial charge is 0.465 e. The average molecular weight is 720 g/mol. The zero-order chi connectivity index (χ0) is 37.0. The van der Waals surface area contributed by atoms with Crippen molar-refractivity contribution in [2.24, 2.45) is 23.2 Å². The van der Waals surface area contributed by atoms with E-state index in [1.807, 2.05) is 0 Å². The predicted octanol–water partition coefficient (Wildman–Crippen LogP) is 11.0. The molecule has 1 aliphatic carbocycles. The Bertz CT molecular complexity index is 935. The van der Waals surface area contributed by atoms with Crippen LogP contribution in [0.5, 0.6) is 0 Å². The highest BCUT2D eigenvalue weighted by Gasteiger charge is 2.37. The van der Waals surface area contributed by atoms with Gasteiger partial charge in [0.1, 0.15) is 19.8 Å². The van der Waals surface area contributed by atoms with Crippen molar-refractivity contribution in [1.29, 1.82) is 0 Å². The number of carbonyl (C=O) groups is 3. The summed E-state index contributed by atoms with van der Waals surface area (Å²) in [5.41, 5.74) is -0.0479. The van der Waals surface area contributed by atoms with E-state index in [0.29, 0.717) is 31.3 Å². The van der Waals surface area contributed by atoms with E-state index < -0.39 is 12.1 Å². The molecular formula is C43H77NO7. The minimum absolute atomic E-state index is 0.0341. The maximum Gasteiger partial charge on any atom is 0.508 e. The van der Waals surface area contributed by atoms with E-state index in [-0.39, 0.29) is 37.2 Å². The second-order valence-electron chi connectivity index (χ2n) is 16.1. The monoisotopic (exact) mass is 720 g/mol. The first-order valence-electron chi connectivity index (χ1n) is 21.2. The molecule has 0 bridgehead atoms. The molecule has 0 N–H and O–H groups in total. The molecule has 3 unspecified atom stereocenters. The van der Waals surface area contributed by atoms with Gasteiger partial charge in [0.05, 0.1) is 18.9 Å². The van der Waals surface area contributed by atoms with Crippen LogP contribution in [0.15, 0.2) is 12.2 Å². The van der Waals surface area contributed by atoms with Gasteiger partial charge >= 0.3 is 18.1 Å². The highest BCUT2D eigenvalue weighted by molar-refractivity contribution is 5.70. The van der Waals surface area contributed by atoms with E-state index in [2.05, 4.69) is 44.7 Å². The predicted molar refractivity (Wildman–Crippen MR) is 207 cm³/mol. The van der Waals surface area contributed by atoms with Crippen LogP contribution in [0.3, 0.4) is 0 Å². The second kappa shape index (κ2) is 28.4. The lowest BCUT2D eigenvalue weighted by atomic mass is 9.71. The molecule has 0 amide bonds. The first kappa shape index (κ1) is 45.1. The van der Waals surface area contributed by atoms with Gasteiger partial charge in [-0.2, -0.15) is 0 Å². The SMILES string of the molecule is CCCCCCCC/C=C/CCCCCCCC(=O)OCC(COC(=O)CC1(CC)CC(C)CC[C@@H](C)C1)COC(=O)OCCCN1CCCC1. The molecule has 1 heterocycles. The van der Waals surface area contributed by atoms with Gasteiger partial charge in [0, 0.05) is 13.0 Å². The molecule has 0 aromatic carbocycles. The van der Waals surface area contributed by atoms with Crippen LogP contribution < -0.4 is 0 Å². The van der Waals surface area contributed by atoms with Crippen molar-refractivity contribution in [3.05, 3.63) is 12.2 Å². The molecule has 1 saturated carbocycles. The molecule has 0 aromatic rings. The largest absolute Gasteiger partial charge is 0.508 e. The van der Waals surface area contributed by atoms with E-state index in [0.717, 1.165) is 71.0 Å². The van der Waals surface area contributed by atoms with Gasteiger partial charge < -0.3 is 23.8 Å². The molecule has 1 aliphatic heterocycles. The Morgan fingerprint density at radius 2 is 1.24 bits per heavy atom. The molecule has 1 saturated heterocycles. The second-order valence-corrected chi connectivity index (χ2v) is 16.1. The summed E-state index contributed by atoms with van der Waals surface area (Å²) < 4.78 is 22.1. The molecule has 51 heavy (non-hydrogen) atoms. The van der Waals surface area contributed by atoms with Gasteiger partial charge in [-0.25, -0.2) is 4.79 Å². The van der Waals surface area contributed by atoms with Gasteiger partial charge in [0.15, 0.2) is 0 Å². The number of hydrogen-bond acceptors (Lipinski definition) is 8. The van der Waals surface area contributed by atoms with E-state index >= 15 is 0 Å². The third-order valence-electron chi connectivity index (χ3n) is 11.1. The van der Waals surface area contributed by atoms with E-state index in [1.54, 1.807) is 0 Å². The lowest BCUT2D eigenvalue weighted by Gasteiger charge is -2.34. The Hall–Kier alpha value is -2.09. The third-order valence-corrected chi connectivity index (χ3v) is 11.1. The minimum Gasteiger partial charge on any atom is -0.465 e. The summed E-state index contributed by atoms with van der Waals surface area (Å²) in [6.07, 6.45) is 29.0. The number of allylic oxidation sites excluding steroid dienone is 2. The third kappa shape index (κ3) is 22.6. The van der Waals surface area contributed by atoms with E-state index in [9.17, 15) is 14.4 Å². The van der Waals surface area contributed by atoms with Crippen molar-refractivity contribution in [3.63, 3.8) is 0 Å². The van der Waals surface area contributed by atoms with Crippen LogP contribution in [0.4, 0.5) is 4.79 Å². The number of nitrogens with zero attached hydrogens (tertiary/aromatic N) is 1. The van der Waals surface area contributed by atoms with Crippen molar-refractivity contribution in [2.45, 2.75) is 175 Å². The molecule has 296 valence electrons. The summed E-state index contributed by atoms with van der Waals surface area (Å²) in [4.78, 5) is 40.5. The average Bonchev–Trinajstić information content (AvgIpc) is 3.59. The summed E-state index contributed by atoms with van der Waals surface area (Å²) in [6, 6.07) is 0. The van der Waals surface area contributed by atoms with Gasteiger partial charge in [-0.3, -0.25) is 9.59 Å². The zero-order valence-electron chi connectivity index (χ0n) is 33.4. The number of rotatable bonds is 28. The maximum absolute atomic E-state index is 13.2. The summed E-state index contributed by atoms with van der Waals surface area (Å²) >= 11 is 0. The summed E-state index contributed by atoms with van der Waals surface area (Å²) in [5.74, 6) is 0.235. The van der Waals surface area contributed by atoms with Crippen molar-refractivity contribution in [1.82, 2.24) is 4.90 Å².